The van der Waals surface area contributed by atoms with Gasteiger partial charge in [0.15, 0.2) is 5.13 Å². The lowest BCUT2D eigenvalue weighted by Crippen LogP contribution is -2.40. The summed E-state index contributed by atoms with van der Waals surface area (Å²) in [5.74, 6) is -0.0602. The van der Waals surface area contributed by atoms with E-state index in [0.717, 1.165) is 36.9 Å². The molecule has 0 aliphatic heterocycles. The number of halogens is 1. The first-order valence-electron chi connectivity index (χ1n) is 8.07. The number of amides is 1. The summed E-state index contributed by atoms with van der Waals surface area (Å²) in [5.41, 5.74) is 0.367. The third kappa shape index (κ3) is 3.53. The van der Waals surface area contributed by atoms with Crippen molar-refractivity contribution in [2.75, 3.05) is 32.1 Å². The molecular formula is C17H22FN3OS. The van der Waals surface area contributed by atoms with Gasteiger partial charge in [0.2, 0.25) is 5.91 Å². The van der Waals surface area contributed by atoms with E-state index in [1.165, 1.54) is 17.4 Å². The van der Waals surface area contributed by atoms with Gasteiger partial charge in [0.05, 0.1) is 4.70 Å². The van der Waals surface area contributed by atoms with Gasteiger partial charge in [-0.25, -0.2) is 9.37 Å². The van der Waals surface area contributed by atoms with Gasteiger partial charge in [-0.1, -0.05) is 23.8 Å². The Bertz CT molecular complexity index is 696. The molecule has 1 amide bonds. The largest absolute Gasteiger partial charge is 0.309 e. The fraction of sp³-hybridized carbons (Fsp3) is 0.529. The van der Waals surface area contributed by atoms with E-state index in [4.69, 9.17) is 0 Å². The number of carbonyl (C=O) groups excluding carboxylic acids is 1. The standard InChI is InChI=1S/C17H22FN3OS/c1-20(2)10-5-11-21(16(22)12-6-3-7-12)17-19-15-13(18)8-4-9-14(15)23-17/h4,8-9,12H,3,5-7,10-11H2,1-2H3. The summed E-state index contributed by atoms with van der Waals surface area (Å²) in [5, 5.41) is 0.626. The molecule has 124 valence electrons. The van der Waals surface area contributed by atoms with Crippen LogP contribution in [0.15, 0.2) is 18.2 Å². The van der Waals surface area contributed by atoms with Crippen molar-refractivity contribution in [1.82, 2.24) is 9.88 Å². The molecule has 23 heavy (non-hydrogen) atoms. The summed E-state index contributed by atoms with van der Waals surface area (Å²) < 4.78 is 14.7. The van der Waals surface area contributed by atoms with Crippen LogP contribution in [-0.4, -0.2) is 43.0 Å². The van der Waals surface area contributed by atoms with Crippen LogP contribution in [-0.2, 0) is 4.79 Å². The molecule has 0 atom stereocenters. The van der Waals surface area contributed by atoms with Crippen molar-refractivity contribution in [3.8, 4) is 0 Å². The molecule has 0 spiro atoms. The number of carbonyl (C=O) groups is 1. The molecular weight excluding hydrogens is 313 g/mol. The van der Waals surface area contributed by atoms with Crippen molar-refractivity contribution in [2.24, 2.45) is 5.92 Å². The Labute approximate surface area is 139 Å². The molecule has 1 aromatic heterocycles. The number of aromatic nitrogens is 1. The van der Waals surface area contributed by atoms with Crippen LogP contribution in [0.1, 0.15) is 25.7 Å². The highest BCUT2D eigenvalue weighted by Crippen LogP contribution is 2.34. The molecule has 1 aliphatic rings. The van der Waals surface area contributed by atoms with Crippen LogP contribution in [0.4, 0.5) is 9.52 Å². The lowest BCUT2D eigenvalue weighted by molar-refractivity contribution is -0.124. The van der Waals surface area contributed by atoms with E-state index in [1.807, 2.05) is 20.2 Å². The Kier molecular flexibility index (Phi) is 4.92. The average Bonchev–Trinajstić information content (AvgIpc) is 2.86. The molecule has 1 heterocycles. The quantitative estimate of drug-likeness (QED) is 0.810. The molecule has 3 rings (SSSR count). The van der Waals surface area contributed by atoms with Crippen LogP contribution in [0.25, 0.3) is 10.2 Å². The molecule has 1 aromatic carbocycles. The van der Waals surface area contributed by atoms with E-state index in [-0.39, 0.29) is 17.6 Å². The maximum absolute atomic E-state index is 13.9. The topological polar surface area (TPSA) is 36.4 Å². The minimum atomic E-state index is -0.325. The molecule has 1 saturated carbocycles. The van der Waals surface area contributed by atoms with Crippen LogP contribution in [0, 0.1) is 11.7 Å². The molecule has 0 radical (unpaired) electrons. The van der Waals surface area contributed by atoms with Crippen LogP contribution in [0.5, 0.6) is 0 Å². The summed E-state index contributed by atoms with van der Waals surface area (Å²) >= 11 is 1.40. The normalized spacial score (nSPS) is 15.1. The number of thiazole rings is 1. The minimum Gasteiger partial charge on any atom is -0.309 e. The highest BCUT2D eigenvalue weighted by Gasteiger charge is 2.31. The molecule has 1 aliphatic carbocycles. The zero-order valence-electron chi connectivity index (χ0n) is 13.6. The number of nitrogens with zero attached hydrogens (tertiary/aromatic N) is 3. The second kappa shape index (κ2) is 6.93. The Morgan fingerprint density at radius 3 is 2.74 bits per heavy atom. The number of hydrogen-bond donors (Lipinski definition) is 0. The summed E-state index contributed by atoms with van der Waals surface area (Å²) in [6.45, 7) is 1.54. The first kappa shape index (κ1) is 16.3. The highest BCUT2D eigenvalue weighted by molar-refractivity contribution is 7.22. The van der Waals surface area contributed by atoms with Crippen molar-refractivity contribution >= 4 is 32.6 Å². The van der Waals surface area contributed by atoms with Crippen LogP contribution in [0.2, 0.25) is 0 Å². The zero-order chi connectivity index (χ0) is 16.4. The number of hydrogen-bond acceptors (Lipinski definition) is 4. The van der Waals surface area contributed by atoms with E-state index in [9.17, 15) is 9.18 Å². The lowest BCUT2D eigenvalue weighted by Gasteiger charge is -2.30. The number of fused-ring (bicyclic) bond motifs is 1. The van der Waals surface area contributed by atoms with Crippen molar-refractivity contribution in [3.63, 3.8) is 0 Å². The number of rotatable bonds is 6. The Morgan fingerprint density at radius 1 is 1.35 bits per heavy atom. The average molecular weight is 335 g/mol. The van der Waals surface area contributed by atoms with Gasteiger partial charge < -0.3 is 4.90 Å². The highest BCUT2D eigenvalue weighted by atomic mass is 32.1. The molecule has 0 bridgehead atoms. The fourth-order valence-corrected chi connectivity index (χ4v) is 3.75. The van der Waals surface area contributed by atoms with Gasteiger partial charge in [-0.3, -0.25) is 9.69 Å². The third-order valence-corrected chi connectivity index (χ3v) is 5.34. The molecule has 0 saturated heterocycles. The van der Waals surface area contributed by atoms with E-state index < -0.39 is 0 Å². The Morgan fingerprint density at radius 2 is 2.13 bits per heavy atom. The van der Waals surface area contributed by atoms with Crippen molar-refractivity contribution in [1.29, 1.82) is 0 Å². The minimum absolute atomic E-state index is 0.117. The van der Waals surface area contributed by atoms with Gasteiger partial charge in [-0.2, -0.15) is 0 Å². The van der Waals surface area contributed by atoms with Gasteiger partial charge in [-0.05, 0) is 52.0 Å². The first-order chi connectivity index (χ1) is 11.1. The van der Waals surface area contributed by atoms with E-state index in [1.54, 1.807) is 11.0 Å². The summed E-state index contributed by atoms with van der Waals surface area (Å²) in [4.78, 5) is 21.0. The van der Waals surface area contributed by atoms with E-state index in [0.29, 0.717) is 17.2 Å². The summed E-state index contributed by atoms with van der Waals surface area (Å²) in [7, 11) is 4.04. The third-order valence-electron chi connectivity index (χ3n) is 4.30. The number of para-hydroxylation sites is 1. The maximum atomic E-state index is 13.9. The summed E-state index contributed by atoms with van der Waals surface area (Å²) in [6, 6.07) is 4.95. The molecule has 1 fully saturated rings. The van der Waals surface area contributed by atoms with Crippen LogP contribution < -0.4 is 4.90 Å². The van der Waals surface area contributed by atoms with E-state index in [2.05, 4.69) is 9.88 Å². The van der Waals surface area contributed by atoms with Crippen molar-refractivity contribution in [3.05, 3.63) is 24.0 Å². The fourth-order valence-electron chi connectivity index (χ4n) is 2.74. The second-order valence-electron chi connectivity index (χ2n) is 6.36. The molecule has 4 nitrogen and oxygen atoms in total. The number of anilines is 1. The van der Waals surface area contributed by atoms with Gasteiger partial charge >= 0.3 is 0 Å². The molecule has 0 unspecified atom stereocenters. The Hall–Kier alpha value is -1.53. The predicted molar refractivity (Wildman–Crippen MR) is 92.4 cm³/mol. The van der Waals surface area contributed by atoms with Gasteiger partial charge in [-0.15, -0.1) is 0 Å². The number of benzene rings is 1. The lowest BCUT2D eigenvalue weighted by atomic mass is 9.84. The van der Waals surface area contributed by atoms with Gasteiger partial charge in [0, 0.05) is 12.5 Å². The molecule has 6 heteroatoms. The first-order valence-corrected chi connectivity index (χ1v) is 8.89. The van der Waals surface area contributed by atoms with Gasteiger partial charge in [0.25, 0.3) is 0 Å². The monoisotopic (exact) mass is 335 g/mol. The Balaban J connectivity index is 1.85. The second-order valence-corrected chi connectivity index (χ2v) is 7.37. The molecule has 0 N–H and O–H groups in total. The SMILES string of the molecule is CN(C)CCCN(C(=O)C1CCC1)c1nc2c(F)cccc2s1. The molecule has 2 aromatic rings. The van der Waals surface area contributed by atoms with Crippen molar-refractivity contribution in [2.45, 2.75) is 25.7 Å². The smallest absolute Gasteiger partial charge is 0.231 e. The summed E-state index contributed by atoms with van der Waals surface area (Å²) in [6.07, 6.45) is 3.92. The zero-order valence-corrected chi connectivity index (χ0v) is 14.4. The predicted octanol–water partition coefficient (Wildman–Crippen LogP) is 3.52. The van der Waals surface area contributed by atoms with Crippen LogP contribution >= 0.6 is 11.3 Å². The van der Waals surface area contributed by atoms with E-state index >= 15 is 0 Å². The maximum Gasteiger partial charge on any atom is 0.231 e. The van der Waals surface area contributed by atoms with Crippen molar-refractivity contribution < 1.29 is 9.18 Å². The van der Waals surface area contributed by atoms with Crippen LogP contribution in [0.3, 0.4) is 0 Å². The van der Waals surface area contributed by atoms with Gasteiger partial charge in [0.1, 0.15) is 11.3 Å².